The van der Waals surface area contributed by atoms with Gasteiger partial charge in [-0.2, -0.15) is 0 Å². The molecule has 1 aliphatic heterocycles. The van der Waals surface area contributed by atoms with Gasteiger partial charge in [0, 0.05) is 63.5 Å². The zero-order valence-corrected chi connectivity index (χ0v) is 34.8. The average molecular weight is 841 g/mol. The van der Waals surface area contributed by atoms with Gasteiger partial charge in [0.05, 0.1) is 34.6 Å². The molecule has 8 aromatic carbocycles. The molecule has 0 atom stereocenters. The largest absolute Gasteiger partial charge is 0.457 e. The normalized spacial score (nSPS) is 16.1. The summed E-state index contributed by atoms with van der Waals surface area (Å²) in [5.41, 5.74) is 5.76. The molecule has 5 heteroatoms. The van der Waals surface area contributed by atoms with Crippen molar-refractivity contribution in [3.05, 3.63) is 204 Å². The molecule has 0 bridgehead atoms. The highest BCUT2D eigenvalue weighted by molar-refractivity contribution is 6.21. The molecule has 5 nitrogen and oxygen atoms in total. The molecule has 0 fully saturated rings. The minimum absolute atomic E-state index is 0.0496. The second kappa shape index (κ2) is 14.6. The third-order valence-electron chi connectivity index (χ3n) is 12.5. The summed E-state index contributed by atoms with van der Waals surface area (Å²) in [4.78, 5) is 6.82. The molecule has 0 unspecified atom stereocenters. The third-order valence-corrected chi connectivity index (χ3v) is 12.5. The standard InChI is InChI=1S/C59H46N4O/c1-36-21-26-46-44-16-9-10-17-45(44)48-19-12-20-54-59(48)62(58-39(4)13-11-18-49(58)50(46)29-36)35-61(54)42-24-23-38(3)56(32-42)64-43-25-27-47-51-30-37(2)22-28-53(51)63(55(47)33-43)57-31-40(5)52(34-60-57)41-14-7-6-8-15-41/h6-34H,35H2,1-5H3/i2D3,3D3,5D3,6D,7D,8D,14D,15D. The molecular formula is C59H46N4O. The van der Waals surface area contributed by atoms with Crippen molar-refractivity contribution in [2.24, 2.45) is 0 Å². The molecule has 0 saturated heterocycles. The summed E-state index contributed by atoms with van der Waals surface area (Å²) < 4.78 is 129. The number of ether oxygens (including phenoxy) is 1. The van der Waals surface area contributed by atoms with Crippen molar-refractivity contribution in [1.82, 2.24) is 14.1 Å². The van der Waals surface area contributed by atoms with Crippen LogP contribution in [0.2, 0.25) is 0 Å². The van der Waals surface area contributed by atoms with Crippen LogP contribution in [0.3, 0.4) is 0 Å². The Labute approximate surface area is 392 Å². The zero-order valence-electron chi connectivity index (χ0n) is 48.8. The Morgan fingerprint density at radius 3 is 2.16 bits per heavy atom. The minimum atomic E-state index is -2.88. The summed E-state index contributed by atoms with van der Waals surface area (Å²) in [6.45, 7) is -3.41. The van der Waals surface area contributed by atoms with Crippen LogP contribution in [-0.2, 0) is 6.67 Å². The maximum atomic E-state index is 8.70. The first-order valence-corrected chi connectivity index (χ1v) is 21.0. The maximum Gasteiger partial charge on any atom is 0.137 e. The van der Waals surface area contributed by atoms with E-state index >= 15 is 0 Å². The highest BCUT2D eigenvalue weighted by Gasteiger charge is 2.25. The van der Waals surface area contributed by atoms with Crippen molar-refractivity contribution in [3.8, 4) is 28.4 Å². The van der Waals surface area contributed by atoms with Gasteiger partial charge >= 0.3 is 0 Å². The van der Waals surface area contributed by atoms with E-state index < -0.39 is 50.8 Å². The number of benzene rings is 8. The van der Waals surface area contributed by atoms with Crippen molar-refractivity contribution in [3.63, 3.8) is 0 Å². The molecule has 0 aliphatic carbocycles. The van der Waals surface area contributed by atoms with Crippen molar-refractivity contribution in [2.45, 2.75) is 41.1 Å². The van der Waals surface area contributed by atoms with E-state index in [0.29, 0.717) is 34.2 Å². The first-order valence-electron chi connectivity index (χ1n) is 28.0. The fourth-order valence-electron chi connectivity index (χ4n) is 9.60. The monoisotopic (exact) mass is 840 g/mol. The molecule has 0 saturated carbocycles. The fourth-order valence-corrected chi connectivity index (χ4v) is 9.60. The number of aryl methyl sites for hydroxylation is 5. The van der Waals surface area contributed by atoms with E-state index in [1.54, 1.807) is 47.0 Å². The average Bonchev–Trinajstić information content (AvgIpc) is 3.96. The fraction of sp³-hybridized carbons (Fsp3) is 0.102. The number of pyridine rings is 1. The summed E-state index contributed by atoms with van der Waals surface area (Å²) in [5.74, 6) is 0.296. The molecule has 1 aliphatic rings. The van der Waals surface area contributed by atoms with Gasteiger partial charge in [-0.3, -0.25) is 4.57 Å². The number of nitrogens with zero attached hydrogens (tertiary/aromatic N) is 4. The Kier molecular flexibility index (Phi) is 5.91. The van der Waals surface area contributed by atoms with E-state index in [1.165, 1.54) is 24.4 Å². The lowest BCUT2D eigenvalue weighted by molar-refractivity contribution is 0.479. The summed E-state index contributed by atoms with van der Waals surface area (Å²) >= 11 is 0. The number of anilines is 2. The maximum absolute atomic E-state index is 8.70. The second-order valence-corrected chi connectivity index (χ2v) is 16.4. The Bertz CT molecular complexity index is 4430. The van der Waals surface area contributed by atoms with Gasteiger partial charge in [-0.1, -0.05) is 126 Å². The van der Waals surface area contributed by atoms with E-state index in [2.05, 4.69) is 101 Å². The number of rotatable bonds is 5. The Morgan fingerprint density at radius 1 is 0.562 bits per heavy atom. The molecule has 0 amide bonds. The number of hydrogen-bond donors (Lipinski definition) is 0. The van der Waals surface area contributed by atoms with Crippen molar-refractivity contribution >= 4 is 76.5 Å². The van der Waals surface area contributed by atoms with Crippen LogP contribution in [0.5, 0.6) is 11.5 Å². The van der Waals surface area contributed by atoms with Crippen LogP contribution in [0.15, 0.2) is 176 Å². The number of fused-ring (bicyclic) bond motifs is 10. The highest BCUT2D eigenvalue weighted by atomic mass is 16.5. The topological polar surface area (TPSA) is 35.2 Å². The smallest absolute Gasteiger partial charge is 0.137 e. The third kappa shape index (κ3) is 5.95. The van der Waals surface area contributed by atoms with Gasteiger partial charge in [-0.25, -0.2) is 4.98 Å². The van der Waals surface area contributed by atoms with E-state index in [9.17, 15) is 0 Å². The lowest BCUT2D eigenvalue weighted by atomic mass is 9.99. The molecule has 4 heterocycles. The Hall–Kier alpha value is -7.89. The number of aromatic nitrogens is 3. The molecule has 64 heavy (non-hydrogen) atoms. The van der Waals surface area contributed by atoms with Crippen LogP contribution in [-0.4, -0.2) is 14.1 Å². The van der Waals surface area contributed by atoms with E-state index in [0.717, 1.165) is 60.2 Å². The minimum Gasteiger partial charge on any atom is -0.457 e. The summed E-state index contributed by atoms with van der Waals surface area (Å²) in [7, 11) is 0. The summed E-state index contributed by atoms with van der Waals surface area (Å²) in [6.07, 6.45) is 1.17. The predicted molar refractivity (Wildman–Crippen MR) is 268 cm³/mol. The van der Waals surface area contributed by atoms with E-state index in [-0.39, 0.29) is 45.1 Å². The van der Waals surface area contributed by atoms with Crippen LogP contribution in [0, 0.1) is 34.4 Å². The number of hydrogen-bond acceptors (Lipinski definition) is 3. The van der Waals surface area contributed by atoms with Gasteiger partial charge < -0.3 is 14.2 Å². The van der Waals surface area contributed by atoms with Crippen LogP contribution in [0.25, 0.3) is 82.1 Å². The first-order chi connectivity index (χ1) is 37.0. The van der Waals surface area contributed by atoms with E-state index in [1.807, 2.05) is 6.07 Å². The molecule has 0 N–H and O–H groups in total. The van der Waals surface area contributed by atoms with E-state index in [4.69, 9.17) is 23.9 Å². The molecule has 0 radical (unpaired) electrons. The van der Waals surface area contributed by atoms with Crippen LogP contribution >= 0.6 is 0 Å². The molecule has 11 aromatic rings. The van der Waals surface area contributed by atoms with Gasteiger partial charge in [0.2, 0.25) is 0 Å². The Morgan fingerprint density at radius 2 is 1.31 bits per heavy atom. The van der Waals surface area contributed by atoms with Crippen molar-refractivity contribution in [2.75, 3.05) is 4.90 Å². The zero-order chi connectivity index (χ0) is 55.1. The molecule has 0 spiro atoms. The van der Waals surface area contributed by atoms with Gasteiger partial charge in [-0.15, -0.1) is 0 Å². The quantitative estimate of drug-likeness (QED) is 0.173. The molecular weight excluding hydrogens is 781 g/mol. The predicted octanol–water partition coefficient (Wildman–Crippen LogP) is 15.8. The van der Waals surface area contributed by atoms with Crippen LogP contribution < -0.4 is 9.64 Å². The second-order valence-electron chi connectivity index (χ2n) is 16.4. The highest BCUT2D eigenvalue weighted by Crippen LogP contribution is 2.45. The molecule has 12 rings (SSSR count). The SMILES string of the molecule is [2H]c1c([2H])c([2H])c(-c2cnc(-n3c4ccc(C([2H])([2H])[2H])cc4c4ccc(Oc5cc(N6Cn7c8c(C)cccc8c8cc(C)ccc8c8ccccc8c8cccc6c87)ccc5C([2H])([2H])[2H])cc43)cc2C([2H])([2H])[2H])c([2H])c1[2H]. The summed E-state index contributed by atoms with van der Waals surface area (Å²) in [5, 5.41) is 7.52. The summed E-state index contributed by atoms with van der Waals surface area (Å²) in [6, 6.07) is 40.5. The van der Waals surface area contributed by atoms with Crippen LogP contribution in [0.4, 0.5) is 11.4 Å². The van der Waals surface area contributed by atoms with Gasteiger partial charge in [0.1, 0.15) is 24.0 Å². The lowest BCUT2D eigenvalue weighted by Gasteiger charge is -2.21. The Balaban J connectivity index is 1.05. The molecule has 308 valence electrons. The van der Waals surface area contributed by atoms with Gasteiger partial charge in [0.25, 0.3) is 0 Å². The van der Waals surface area contributed by atoms with Gasteiger partial charge in [-0.05, 0) is 121 Å². The lowest BCUT2D eigenvalue weighted by Crippen LogP contribution is -2.15. The van der Waals surface area contributed by atoms with Gasteiger partial charge in [0.15, 0.2) is 0 Å². The van der Waals surface area contributed by atoms with Crippen LogP contribution in [0.1, 0.15) is 47.0 Å². The molecule has 3 aromatic heterocycles. The number of para-hydroxylation sites is 2. The van der Waals surface area contributed by atoms with Crippen molar-refractivity contribution in [1.29, 1.82) is 0 Å². The van der Waals surface area contributed by atoms with Crippen molar-refractivity contribution < 1.29 is 23.9 Å². The first kappa shape index (κ1) is 25.9.